The Hall–Kier alpha value is -2.97. The van der Waals surface area contributed by atoms with E-state index in [1.807, 2.05) is 30.3 Å². The highest BCUT2D eigenvalue weighted by Gasteiger charge is 2.74. The Morgan fingerprint density at radius 2 is 1.80 bits per heavy atom. The molecule has 8 nitrogen and oxygen atoms in total. The third kappa shape index (κ3) is 5.75. The summed E-state index contributed by atoms with van der Waals surface area (Å²) in [5.41, 5.74) is -0.0186. The summed E-state index contributed by atoms with van der Waals surface area (Å²) in [7, 11) is 0. The van der Waals surface area contributed by atoms with Gasteiger partial charge in [-0.25, -0.2) is 0 Å². The van der Waals surface area contributed by atoms with Crippen molar-refractivity contribution in [2.75, 3.05) is 32.8 Å². The van der Waals surface area contributed by atoms with Crippen LogP contribution < -0.4 is 0 Å². The van der Waals surface area contributed by atoms with E-state index in [1.165, 1.54) is 0 Å². The fraction of sp³-hybridized carbons (Fsp3) is 0.594. The number of nitrogens with zero attached hydrogens (tertiary/aromatic N) is 3. The quantitative estimate of drug-likeness (QED) is 0.251. The number of hydrogen-bond acceptors (Lipinski definition) is 5. The number of amides is 3. The van der Waals surface area contributed by atoms with Gasteiger partial charge in [-0.05, 0) is 37.7 Å². The fourth-order valence-electron chi connectivity index (χ4n) is 6.92. The highest BCUT2D eigenvalue weighted by molar-refractivity contribution is 5.99. The predicted molar refractivity (Wildman–Crippen MR) is 154 cm³/mol. The molecule has 3 aliphatic rings. The molecule has 0 radical (unpaired) electrons. The first-order chi connectivity index (χ1) is 19.4. The zero-order valence-electron chi connectivity index (χ0n) is 23.9. The Balaban J connectivity index is 1.66. The SMILES string of the molecule is C=CCN(CCCCC)C(=O)C1N(CCCCO)C(=O)[C@@H]2[C@@H](C(=O)N(CC=C)Cc3ccccc3)[C@H]3CCC12O3. The summed E-state index contributed by atoms with van der Waals surface area (Å²) in [6.07, 6.45) is 8.27. The summed E-state index contributed by atoms with van der Waals surface area (Å²) >= 11 is 0. The molecule has 1 N–H and O–H groups in total. The number of rotatable bonds is 16. The van der Waals surface area contributed by atoms with Crippen molar-refractivity contribution in [2.24, 2.45) is 11.8 Å². The maximum atomic E-state index is 14.2. The maximum Gasteiger partial charge on any atom is 0.248 e. The third-order valence-corrected chi connectivity index (χ3v) is 8.70. The molecular weight excluding hydrogens is 506 g/mol. The summed E-state index contributed by atoms with van der Waals surface area (Å²) in [5, 5.41) is 9.40. The van der Waals surface area contributed by atoms with E-state index in [1.54, 1.807) is 26.9 Å². The van der Waals surface area contributed by atoms with E-state index in [-0.39, 0.29) is 24.3 Å². The lowest BCUT2D eigenvalue weighted by atomic mass is 9.70. The number of aliphatic hydroxyl groups is 1. The molecule has 3 aliphatic heterocycles. The lowest BCUT2D eigenvalue weighted by Crippen LogP contribution is -2.56. The van der Waals surface area contributed by atoms with Crippen molar-refractivity contribution in [2.45, 2.75) is 76.2 Å². The smallest absolute Gasteiger partial charge is 0.248 e. The lowest BCUT2D eigenvalue weighted by molar-refractivity contribution is -0.149. The first kappa shape index (κ1) is 30.0. The molecule has 40 heavy (non-hydrogen) atoms. The van der Waals surface area contributed by atoms with Crippen molar-refractivity contribution in [3.63, 3.8) is 0 Å². The first-order valence-corrected chi connectivity index (χ1v) is 14.9. The van der Waals surface area contributed by atoms with Crippen molar-refractivity contribution in [3.05, 3.63) is 61.2 Å². The second-order valence-electron chi connectivity index (χ2n) is 11.3. The van der Waals surface area contributed by atoms with Crippen molar-refractivity contribution >= 4 is 17.7 Å². The molecule has 3 amide bonds. The van der Waals surface area contributed by atoms with E-state index >= 15 is 0 Å². The average Bonchev–Trinajstić information content (AvgIpc) is 3.60. The number of likely N-dealkylation sites (tertiary alicyclic amines) is 1. The third-order valence-electron chi connectivity index (χ3n) is 8.70. The number of ether oxygens (including phenoxy) is 1. The van der Waals surface area contributed by atoms with Gasteiger partial charge in [0, 0.05) is 39.3 Å². The monoisotopic (exact) mass is 551 g/mol. The summed E-state index contributed by atoms with van der Waals surface area (Å²) in [6.45, 7) is 12.0. The van der Waals surface area contributed by atoms with Crippen LogP contribution in [0.1, 0.15) is 57.4 Å². The van der Waals surface area contributed by atoms with Gasteiger partial charge in [0.1, 0.15) is 11.6 Å². The van der Waals surface area contributed by atoms with Crippen LogP contribution in [0.4, 0.5) is 0 Å². The van der Waals surface area contributed by atoms with Gasteiger partial charge in [0.15, 0.2) is 0 Å². The predicted octanol–water partition coefficient (Wildman–Crippen LogP) is 3.55. The van der Waals surface area contributed by atoms with E-state index in [0.717, 1.165) is 24.8 Å². The van der Waals surface area contributed by atoms with Crippen molar-refractivity contribution in [3.8, 4) is 0 Å². The normalized spacial score (nSPS) is 26.6. The van der Waals surface area contributed by atoms with Crippen LogP contribution in [0.3, 0.4) is 0 Å². The summed E-state index contributed by atoms with van der Waals surface area (Å²) in [4.78, 5) is 47.8. The molecule has 1 spiro atoms. The van der Waals surface area contributed by atoms with Crippen LogP contribution in [-0.4, -0.2) is 88.1 Å². The van der Waals surface area contributed by atoms with Crippen LogP contribution >= 0.6 is 0 Å². The number of hydrogen-bond donors (Lipinski definition) is 1. The van der Waals surface area contributed by atoms with Crippen LogP contribution in [0.15, 0.2) is 55.6 Å². The number of fused-ring (bicyclic) bond motifs is 1. The zero-order chi connectivity index (χ0) is 28.7. The molecule has 5 atom stereocenters. The lowest BCUT2D eigenvalue weighted by Gasteiger charge is -2.37. The summed E-state index contributed by atoms with van der Waals surface area (Å²) < 4.78 is 6.63. The van der Waals surface area contributed by atoms with E-state index in [4.69, 9.17) is 4.74 Å². The number of aliphatic hydroxyl groups excluding tert-OH is 1. The minimum atomic E-state index is -1.02. The molecular formula is C32H45N3O5. The largest absolute Gasteiger partial charge is 0.396 e. The summed E-state index contributed by atoms with van der Waals surface area (Å²) in [6, 6.07) is 9.00. The molecule has 1 aromatic carbocycles. The number of carbonyl (C=O) groups excluding carboxylic acids is 3. The molecule has 0 aliphatic carbocycles. The van der Waals surface area contributed by atoms with Gasteiger partial charge in [-0.15, -0.1) is 13.2 Å². The van der Waals surface area contributed by atoms with Crippen molar-refractivity contribution < 1.29 is 24.2 Å². The molecule has 3 fully saturated rings. The van der Waals surface area contributed by atoms with Gasteiger partial charge in [0.05, 0.1) is 17.9 Å². The molecule has 1 aromatic rings. The van der Waals surface area contributed by atoms with Gasteiger partial charge < -0.3 is 24.5 Å². The van der Waals surface area contributed by atoms with Crippen LogP contribution in [-0.2, 0) is 25.7 Å². The number of unbranched alkanes of at least 4 members (excludes halogenated alkanes) is 3. The molecule has 218 valence electrons. The van der Waals surface area contributed by atoms with Gasteiger partial charge in [0.2, 0.25) is 17.7 Å². The maximum absolute atomic E-state index is 14.2. The fourth-order valence-corrected chi connectivity index (χ4v) is 6.92. The second-order valence-corrected chi connectivity index (χ2v) is 11.3. The standard InChI is InChI=1S/C32H45N3O5/c1-4-7-11-20-33(18-5-2)31(39)28-32-17-16-25(40-32)26(27(32)30(38)35(28)21-12-13-22-36)29(37)34(19-6-3)23-24-14-9-8-10-15-24/h5-6,8-10,14-15,25-28,36H,2-4,7,11-13,16-23H2,1H3/t25-,26+,27+,28?,32?/m1/s1. The Morgan fingerprint density at radius 3 is 2.48 bits per heavy atom. The average molecular weight is 552 g/mol. The molecule has 3 heterocycles. The highest BCUT2D eigenvalue weighted by atomic mass is 16.5. The highest BCUT2D eigenvalue weighted by Crippen LogP contribution is 2.59. The van der Waals surface area contributed by atoms with Gasteiger partial charge >= 0.3 is 0 Å². The zero-order valence-corrected chi connectivity index (χ0v) is 23.9. The minimum absolute atomic E-state index is 0.0184. The first-order valence-electron chi connectivity index (χ1n) is 14.9. The Morgan fingerprint density at radius 1 is 1.07 bits per heavy atom. The van der Waals surface area contributed by atoms with E-state index in [9.17, 15) is 19.5 Å². The Bertz CT molecular complexity index is 1060. The van der Waals surface area contributed by atoms with E-state index in [2.05, 4.69) is 20.1 Å². The molecule has 0 saturated carbocycles. The van der Waals surface area contributed by atoms with Gasteiger partial charge in [-0.1, -0.05) is 62.2 Å². The molecule has 4 rings (SSSR count). The van der Waals surface area contributed by atoms with Crippen molar-refractivity contribution in [1.29, 1.82) is 0 Å². The van der Waals surface area contributed by atoms with Gasteiger partial charge in [-0.3, -0.25) is 14.4 Å². The van der Waals surface area contributed by atoms with Crippen LogP contribution in [0.2, 0.25) is 0 Å². The van der Waals surface area contributed by atoms with E-state index in [0.29, 0.717) is 58.4 Å². The molecule has 2 unspecified atom stereocenters. The van der Waals surface area contributed by atoms with Crippen LogP contribution in [0.25, 0.3) is 0 Å². The number of benzene rings is 1. The second kappa shape index (κ2) is 13.6. The Labute approximate surface area is 238 Å². The summed E-state index contributed by atoms with van der Waals surface area (Å²) in [5.74, 6) is -1.77. The van der Waals surface area contributed by atoms with Gasteiger partial charge in [-0.2, -0.15) is 0 Å². The van der Waals surface area contributed by atoms with E-state index < -0.39 is 29.6 Å². The topological polar surface area (TPSA) is 90.4 Å². The molecule has 2 bridgehead atoms. The van der Waals surface area contributed by atoms with Crippen LogP contribution in [0.5, 0.6) is 0 Å². The molecule has 8 heteroatoms. The van der Waals surface area contributed by atoms with Crippen LogP contribution in [0, 0.1) is 11.8 Å². The molecule has 3 saturated heterocycles. The number of carbonyl (C=O) groups is 3. The van der Waals surface area contributed by atoms with Crippen molar-refractivity contribution in [1.82, 2.24) is 14.7 Å². The Kier molecular flexibility index (Phi) is 10.2. The van der Waals surface area contributed by atoms with Gasteiger partial charge in [0.25, 0.3) is 0 Å². The molecule has 0 aromatic heterocycles. The minimum Gasteiger partial charge on any atom is -0.396 e.